The lowest BCUT2D eigenvalue weighted by Gasteiger charge is -1.98. The fraction of sp³-hybridized carbons (Fsp3) is 0.111. The minimum Gasteiger partial charge on any atom is -0.478 e. The average molecular weight is 272 g/mol. The first-order chi connectivity index (χ1) is 7.00. The topological polar surface area (TPSA) is 72.4 Å². The summed E-state index contributed by atoms with van der Waals surface area (Å²) in [5, 5.41) is 8.80. The number of nitrogens with zero attached hydrogens (tertiary/aromatic N) is 1. The first-order valence-electron chi connectivity index (χ1n) is 4.03. The van der Waals surface area contributed by atoms with Crippen LogP contribution in [-0.4, -0.2) is 15.6 Å². The second-order valence-corrected chi connectivity index (χ2v) is 3.89. The van der Waals surface area contributed by atoms with Crippen LogP contribution in [0.4, 0.5) is 0 Å². The quantitative estimate of drug-likeness (QED) is 0.855. The van der Waals surface area contributed by atoms with E-state index in [9.17, 15) is 9.59 Å². The highest BCUT2D eigenvalue weighted by Gasteiger charge is 2.13. The SMILES string of the molecule is Cn1c(=O)oc2cc(C(=O)O)cc(Br)c21. The van der Waals surface area contributed by atoms with Crippen LogP contribution in [0.15, 0.2) is 25.8 Å². The maximum atomic E-state index is 11.2. The van der Waals surface area contributed by atoms with Gasteiger partial charge in [0.2, 0.25) is 0 Å². The molecule has 2 rings (SSSR count). The lowest BCUT2D eigenvalue weighted by molar-refractivity contribution is 0.0697. The molecule has 0 aliphatic heterocycles. The number of halogens is 1. The predicted molar refractivity (Wildman–Crippen MR) is 56.1 cm³/mol. The molecular formula is C9H6BrNO4. The molecule has 0 amide bonds. The molecule has 0 atom stereocenters. The predicted octanol–water partition coefficient (Wildman–Crippen LogP) is 1.59. The summed E-state index contributed by atoms with van der Waals surface area (Å²) in [4.78, 5) is 21.9. The molecule has 1 aromatic heterocycles. The summed E-state index contributed by atoms with van der Waals surface area (Å²) in [6, 6.07) is 2.75. The third-order valence-electron chi connectivity index (χ3n) is 2.08. The van der Waals surface area contributed by atoms with E-state index in [1.807, 2.05) is 0 Å². The summed E-state index contributed by atoms with van der Waals surface area (Å²) in [7, 11) is 1.55. The molecule has 0 fully saturated rings. The molecule has 2 aromatic rings. The van der Waals surface area contributed by atoms with Gasteiger partial charge in [0.1, 0.15) is 5.52 Å². The van der Waals surface area contributed by atoms with Gasteiger partial charge in [-0.1, -0.05) is 0 Å². The number of aromatic nitrogens is 1. The average Bonchev–Trinajstić information content (AvgIpc) is 2.42. The Kier molecular flexibility index (Phi) is 2.15. The number of benzene rings is 1. The molecule has 0 radical (unpaired) electrons. The van der Waals surface area contributed by atoms with Crippen molar-refractivity contribution in [1.29, 1.82) is 0 Å². The second-order valence-electron chi connectivity index (χ2n) is 3.04. The normalized spacial score (nSPS) is 10.8. The summed E-state index contributed by atoms with van der Waals surface area (Å²) < 4.78 is 6.71. The smallest absolute Gasteiger partial charge is 0.419 e. The van der Waals surface area contributed by atoms with Crippen LogP contribution < -0.4 is 5.76 Å². The Balaban J connectivity index is 2.90. The van der Waals surface area contributed by atoms with Crippen molar-refractivity contribution in [2.45, 2.75) is 0 Å². The van der Waals surface area contributed by atoms with E-state index in [0.29, 0.717) is 9.99 Å². The molecule has 78 valence electrons. The Hall–Kier alpha value is -1.56. The second kappa shape index (κ2) is 3.23. The number of aryl methyl sites for hydroxylation is 1. The van der Waals surface area contributed by atoms with E-state index in [-0.39, 0.29) is 11.1 Å². The Bertz CT molecular complexity index is 610. The van der Waals surface area contributed by atoms with E-state index in [1.165, 1.54) is 16.7 Å². The molecule has 0 bridgehead atoms. The van der Waals surface area contributed by atoms with Crippen molar-refractivity contribution in [2.24, 2.45) is 7.05 Å². The molecule has 0 saturated carbocycles. The number of carbonyl (C=O) groups is 1. The van der Waals surface area contributed by atoms with E-state index in [4.69, 9.17) is 9.52 Å². The van der Waals surface area contributed by atoms with Crippen LogP contribution in [0.1, 0.15) is 10.4 Å². The summed E-state index contributed by atoms with van der Waals surface area (Å²) in [5.41, 5.74) is 0.878. The van der Waals surface area contributed by atoms with Crippen molar-refractivity contribution in [2.75, 3.05) is 0 Å². The lowest BCUT2D eigenvalue weighted by atomic mass is 10.2. The molecule has 0 spiro atoms. The number of rotatable bonds is 1. The van der Waals surface area contributed by atoms with Crippen molar-refractivity contribution >= 4 is 33.0 Å². The maximum absolute atomic E-state index is 11.2. The molecule has 1 aromatic carbocycles. The van der Waals surface area contributed by atoms with Crippen LogP contribution in [-0.2, 0) is 7.05 Å². The summed E-state index contributed by atoms with van der Waals surface area (Å²) >= 11 is 3.20. The first kappa shape index (κ1) is 9.97. The van der Waals surface area contributed by atoms with Gasteiger partial charge in [0, 0.05) is 11.5 Å². The van der Waals surface area contributed by atoms with Crippen LogP contribution in [0.2, 0.25) is 0 Å². The number of hydrogen-bond acceptors (Lipinski definition) is 3. The fourth-order valence-electron chi connectivity index (χ4n) is 1.35. The van der Waals surface area contributed by atoms with Gasteiger partial charge >= 0.3 is 11.7 Å². The van der Waals surface area contributed by atoms with Gasteiger partial charge in [-0.2, -0.15) is 0 Å². The van der Waals surface area contributed by atoms with Crippen LogP contribution in [0, 0.1) is 0 Å². The van der Waals surface area contributed by atoms with Gasteiger partial charge in [-0.05, 0) is 28.1 Å². The van der Waals surface area contributed by atoms with Crippen molar-refractivity contribution < 1.29 is 14.3 Å². The molecule has 0 aliphatic carbocycles. The number of fused-ring (bicyclic) bond motifs is 1. The number of carboxylic acid groups (broad SMARTS) is 1. The molecular weight excluding hydrogens is 266 g/mol. The van der Waals surface area contributed by atoms with Gasteiger partial charge in [0.15, 0.2) is 5.58 Å². The molecule has 6 heteroatoms. The Morgan fingerprint density at radius 3 is 2.80 bits per heavy atom. The highest BCUT2D eigenvalue weighted by Crippen LogP contribution is 2.24. The van der Waals surface area contributed by atoms with Crippen LogP contribution in [0.3, 0.4) is 0 Å². The molecule has 0 aliphatic rings. The molecule has 0 unspecified atom stereocenters. The highest BCUT2D eigenvalue weighted by molar-refractivity contribution is 9.10. The van der Waals surface area contributed by atoms with Gasteiger partial charge < -0.3 is 9.52 Å². The maximum Gasteiger partial charge on any atom is 0.419 e. The molecule has 0 saturated heterocycles. The van der Waals surface area contributed by atoms with Gasteiger partial charge in [-0.3, -0.25) is 4.57 Å². The van der Waals surface area contributed by atoms with Gasteiger partial charge in [0.25, 0.3) is 0 Å². The molecule has 5 nitrogen and oxygen atoms in total. The Morgan fingerprint density at radius 1 is 1.53 bits per heavy atom. The van der Waals surface area contributed by atoms with Gasteiger partial charge in [-0.15, -0.1) is 0 Å². The highest BCUT2D eigenvalue weighted by atomic mass is 79.9. The zero-order valence-electron chi connectivity index (χ0n) is 7.65. The number of hydrogen-bond donors (Lipinski definition) is 1. The van der Waals surface area contributed by atoms with Gasteiger partial charge in [0.05, 0.1) is 5.56 Å². The van der Waals surface area contributed by atoms with Crippen LogP contribution in [0.25, 0.3) is 11.1 Å². The standard InChI is InChI=1S/C9H6BrNO4/c1-11-7-5(10)2-4(8(12)13)3-6(7)15-9(11)14/h2-3H,1H3,(H,12,13). The molecule has 1 N–H and O–H groups in total. The summed E-state index contributed by atoms with van der Waals surface area (Å²) in [5.74, 6) is -1.59. The largest absolute Gasteiger partial charge is 0.478 e. The van der Waals surface area contributed by atoms with Crippen molar-refractivity contribution in [3.63, 3.8) is 0 Å². The van der Waals surface area contributed by atoms with Crippen LogP contribution >= 0.6 is 15.9 Å². The van der Waals surface area contributed by atoms with Crippen molar-refractivity contribution in [1.82, 2.24) is 4.57 Å². The van der Waals surface area contributed by atoms with Crippen molar-refractivity contribution in [3.8, 4) is 0 Å². The third kappa shape index (κ3) is 1.46. The molecule has 1 heterocycles. The molecule has 15 heavy (non-hydrogen) atoms. The van der Waals surface area contributed by atoms with E-state index in [2.05, 4.69) is 15.9 Å². The number of oxazole rings is 1. The lowest BCUT2D eigenvalue weighted by Crippen LogP contribution is -2.08. The van der Waals surface area contributed by atoms with Crippen molar-refractivity contribution in [3.05, 3.63) is 32.7 Å². The minimum atomic E-state index is -1.07. The summed E-state index contributed by atoms with van der Waals surface area (Å²) in [6.07, 6.45) is 0. The van der Waals surface area contributed by atoms with E-state index in [0.717, 1.165) is 0 Å². The number of aromatic carboxylic acids is 1. The third-order valence-corrected chi connectivity index (χ3v) is 2.69. The Labute approximate surface area is 92.1 Å². The van der Waals surface area contributed by atoms with E-state index in [1.54, 1.807) is 7.05 Å². The van der Waals surface area contributed by atoms with E-state index >= 15 is 0 Å². The van der Waals surface area contributed by atoms with Crippen LogP contribution in [0.5, 0.6) is 0 Å². The summed E-state index contributed by atoms with van der Waals surface area (Å²) in [6.45, 7) is 0. The zero-order chi connectivity index (χ0) is 11.2. The Morgan fingerprint density at radius 2 is 2.20 bits per heavy atom. The van der Waals surface area contributed by atoms with E-state index < -0.39 is 11.7 Å². The zero-order valence-corrected chi connectivity index (χ0v) is 9.24. The fourth-order valence-corrected chi connectivity index (χ4v) is 2.06. The number of carboxylic acids is 1. The minimum absolute atomic E-state index is 0.0729. The van der Waals surface area contributed by atoms with Gasteiger partial charge in [-0.25, -0.2) is 9.59 Å². The first-order valence-corrected chi connectivity index (χ1v) is 4.82. The monoisotopic (exact) mass is 271 g/mol.